The lowest BCUT2D eigenvalue weighted by molar-refractivity contribution is 0.305. The van der Waals surface area contributed by atoms with Gasteiger partial charge in [0.25, 0.3) is 0 Å². The number of unbranched alkanes of at least 4 members (excludes halogenated alkanes) is 3. The Morgan fingerprint density at radius 2 is 1.96 bits per heavy atom. The van der Waals surface area contributed by atoms with Crippen molar-refractivity contribution in [3.63, 3.8) is 0 Å². The number of aromatic nitrogens is 1. The molecule has 0 fully saturated rings. The summed E-state index contributed by atoms with van der Waals surface area (Å²) >= 11 is 1.72. The molecule has 2 rings (SSSR count). The van der Waals surface area contributed by atoms with E-state index in [1.807, 2.05) is 42.6 Å². The summed E-state index contributed by atoms with van der Waals surface area (Å²) in [6.07, 6.45) is 13.6. The SMILES string of the molecule is CCCCCCOc1ccc(N=C/C=C/c2ncc(CC)s2)cc1. The Hall–Kier alpha value is -1.94. The highest BCUT2D eigenvalue weighted by Gasteiger charge is 1.96. The summed E-state index contributed by atoms with van der Waals surface area (Å²) in [7, 11) is 0. The molecular weight excluding hydrogens is 316 g/mol. The first-order valence-electron chi connectivity index (χ1n) is 8.70. The Bertz CT molecular complexity index is 644. The third-order valence-electron chi connectivity index (χ3n) is 3.57. The zero-order chi connectivity index (χ0) is 17.0. The minimum atomic E-state index is 0.791. The van der Waals surface area contributed by atoms with Crippen LogP contribution in [0.4, 0.5) is 5.69 Å². The number of aryl methyl sites for hydroxylation is 1. The molecule has 3 nitrogen and oxygen atoms in total. The molecule has 0 radical (unpaired) electrons. The zero-order valence-electron chi connectivity index (χ0n) is 14.6. The zero-order valence-corrected chi connectivity index (χ0v) is 15.4. The number of nitrogens with zero attached hydrogens (tertiary/aromatic N) is 2. The molecule has 1 aromatic carbocycles. The Morgan fingerprint density at radius 3 is 2.67 bits per heavy atom. The lowest BCUT2D eigenvalue weighted by Crippen LogP contribution is -1.96. The molecule has 4 heteroatoms. The first-order valence-corrected chi connectivity index (χ1v) is 9.51. The number of aliphatic imine (C=N–C) groups is 1. The number of thiazole rings is 1. The van der Waals surface area contributed by atoms with E-state index in [-0.39, 0.29) is 0 Å². The number of hydrogen-bond acceptors (Lipinski definition) is 4. The Labute approximate surface area is 149 Å². The molecule has 2 aromatic rings. The first-order chi connectivity index (χ1) is 11.8. The van der Waals surface area contributed by atoms with Gasteiger partial charge in [0.15, 0.2) is 0 Å². The fourth-order valence-corrected chi connectivity index (χ4v) is 2.94. The van der Waals surface area contributed by atoms with Crippen molar-refractivity contribution in [1.29, 1.82) is 0 Å². The minimum absolute atomic E-state index is 0.791. The van der Waals surface area contributed by atoms with Crippen LogP contribution in [0.5, 0.6) is 5.75 Å². The predicted octanol–water partition coefficient (Wildman–Crippen LogP) is 6.08. The van der Waals surface area contributed by atoms with Crippen LogP contribution in [0.3, 0.4) is 0 Å². The number of hydrogen-bond donors (Lipinski definition) is 0. The minimum Gasteiger partial charge on any atom is -0.494 e. The van der Waals surface area contributed by atoms with E-state index in [9.17, 15) is 0 Å². The van der Waals surface area contributed by atoms with Gasteiger partial charge >= 0.3 is 0 Å². The lowest BCUT2D eigenvalue weighted by atomic mass is 10.2. The van der Waals surface area contributed by atoms with Gasteiger partial charge in [0, 0.05) is 17.3 Å². The molecule has 1 heterocycles. The molecule has 0 spiro atoms. The van der Waals surface area contributed by atoms with Gasteiger partial charge in [0.05, 0.1) is 12.3 Å². The third-order valence-corrected chi connectivity index (χ3v) is 4.68. The van der Waals surface area contributed by atoms with Crippen molar-refractivity contribution in [1.82, 2.24) is 4.98 Å². The largest absolute Gasteiger partial charge is 0.494 e. The number of rotatable bonds is 10. The van der Waals surface area contributed by atoms with Gasteiger partial charge in [-0.15, -0.1) is 11.3 Å². The molecule has 0 saturated carbocycles. The fourth-order valence-electron chi connectivity index (χ4n) is 2.16. The summed E-state index contributed by atoms with van der Waals surface area (Å²) in [6.45, 7) is 5.15. The van der Waals surface area contributed by atoms with Crippen molar-refractivity contribution in [2.24, 2.45) is 4.99 Å². The number of allylic oxidation sites excluding steroid dienone is 1. The van der Waals surface area contributed by atoms with E-state index >= 15 is 0 Å². The van der Waals surface area contributed by atoms with Crippen molar-refractivity contribution in [3.05, 3.63) is 46.4 Å². The number of ether oxygens (including phenoxy) is 1. The maximum Gasteiger partial charge on any atom is 0.119 e. The summed E-state index contributed by atoms with van der Waals surface area (Å²) in [4.78, 5) is 10.1. The molecule has 0 bridgehead atoms. The molecule has 1 aromatic heterocycles. The maximum atomic E-state index is 5.73. The quantitative estimate of drug-likeness (QED) is 0.387. The fraction of sp³-hybridized carbons (Fsp3) is 0.400. The van der Waals surface area contributed by atoms with Crippen molar-refractivity contribution in [2.75, 3.05) is 6.61 Å². The van der Waals surface area contributed by atoms with Crippen LogP contribution >= 0.6 is 11.3 Å². The van der Waals surface area contributed by atoms with Crippen molar-refractivity contribution in [2.45, 2.75) is 46.0 Å². The van der Waals surface area contributed by atoms with Gasteiger partial charge in [-0.2, -0.15) is 0 Å². The predicted molar refractivity (Wildman–Crippen MR) is 105 cm³/mol. The Balaban J connectivity index is 1.76. The van der Waals surface area contributed by atoms with E-state index in [1.54, 1.807) is 17.6 Å². The van der Waals surface area contributed by atoms with Crippen molar-refractivity contribution < 1.29 is 4.74 Å². The second-order valence-corrected chi connectivity index (χ2v) is 6.71. The van der Waals surface area contributed by atoms with Crippen LogP contribution in [-0.2, 0) is 6.42 Å². The summed E-state index contributed by atoms with van der Waals surface area (Å²) in [5.41, 5.74) is 0.923. The molecule has 128 valence electrons. The third kappa shape index (κ3) is 6.67. The molecule has 24 heavy (non-hydrogen) atoms. The van der Waals surface area contributed by atoms with E-state index in [1.165, 1.54) is 24.1 Å². The highest BCUT2D eigenvalue weighted by Crippen LogP contribution is 2.18. The maximum absolute atomic E-state index is 5.73. The van der Waals surface area contributed by atoms with E-state index < -0.39 is 0 Å². The molecule has 0 aliphatic carbocycles. The van der Waals surface area contributed by atoms with Crippen LogP contribution in [-0.4, -0.2) is 17.8 Å². The normalized spacial score (nSPS) is 11.6. The lowest BCUT2D eigenvalue weighted by Gasteiger charge is -2.05. The van der Waals surface area contributed by atoms with E-state index in [4.69, 9.17) is 4.74 Å². The van der Waals surface area contributed by atoms with Gasteiger partial charge in [-0.3, -0.25) is 4.99 Å². The van der Waals surface area contributed by atoms with Gasteiger partial charge in [-0.05, 0) is 49.3 Å². The van der Waals surface area contributed by atoms with Crippen molar-refractivity contribution >= 4 is 29.3 Å². The second-order valence-electron chi connectivity index (χ2n) is 5.56. The molecular formula is C20H26N2OS. The van der Waals surface area contributed by atoms with Gasteiger partial charge in [-0.1, -0.05) is 33.1 Å². The van der Waals surface area contributed by atoms with Gasteiger partial charge in [0.2, 0.25) is 0 Å². The van der Waals surface area contributed by atoms with Crippen LogP contribution in [0.2, 0.25) is 0 Å². The van der Waals surface area contributed by atoms with E-state index in [0.29, 0.717) is 0 Å². The van der Waals surface area contributed by atoms with Gasteiger partial charge in [0.1, 0.15) is 10.8 Å². The molecule has 0 atom stereocenters. The summed E-state index contributed by atoms with van der Waals surface area (Å²) in [5.74, 6) is 0.913. The van der Waals surface area contributed by atoms with Crippen LogP contribution in [0, 0.1) is 0 Å². The van der Waals surface area contributed by atoms with Crippen LogP contribution in [0.25, 0.3) is 6.08 Å². The average Bonchev–Trinajstić information content (AvgIpc) is 3.08. The topological polar surface area (TPSA) is 34.5 Å². The highest BCUT2D eigenvalue weighted by atomic mass is 32.1. The average molecular weight is 343 g/mol. The van der Waals surface area contributed by atoms with Gasteiger partial charge < -0.3 is 4.74 Å². The smallest absolute Gasteiger partial charge is 0.119 e. The standard InChI is InChI=1S/C20H26N2OS/c1-3-5-6-7-15-23-18-12-10-17(11-13-18)21-14-8-9-20-22-16-19(4-2)24-20/h8-14,16H,3-7,15H2,1-2H3/b9-8+,21-14?. The molecule has 0 unspecified atom stereocenters. The van der Waals surface area contributed by atoms with E-state index in [0.717, 1.165) is 35.9 Å². The van der Waals surface area contributed by atoms with E-state index in [2.05, 4.69) is 23.8 Å². The highest BCUT2D eigenvalue weighted by molar-refractivity contribution is 7.12. The second kappa shape index (κ2) is 10.8. The summed E-state index contributed by atoms with van der Waals surface area (Å²) in [6, 6.07) is 7.91. The molecule has 0 N–H and O–H groups in total. The Kier molecular flexibility index (Phi) is 8.25. The van der Waals surface area contributed by atoms with Crippen molar-refractivity contribution in [3.8, 4) is 5.75 Å². The summed E-state index contributed by atoms with van der Waals surface area (Å²) < 4.78 is 5.73. The van der Waals surface area contributed by atoms with Crippen LogP contribution in [0.1, 0.15) is 49.4 Å². The number of benzene rings is 1. The summed E-state index contributed by atoms with van der Waals surface area (Å²) in [5, 5.41) is 1.02. The van der Waals surface area contributed by atoms with Crippen LogP contribution in [0.15, 0.2) is 41.5 Å². The monoisotopic (exact) mass is 342 g/mol. The van der Waals surface area contributed by atoms with Gasteiger partial charge in [-0.25, -0.2) is 4.98 Å². The van der Waals surface area contributed by atoms with Crippen LogP contribution < -0.4 is 4.74 Å². The molecule has 0 amide bonds. The Morgan fingerprint density at radius 1 is 1.12 bits per heavy atom. The molecule has 0 aliphatic rings. The molecule has 0 aliphatic heterocycles. The molecule has 0 saturated heterocycles. The first kappa shape index (κ1) is 18.4.